The van der Waals surface area contributed by atoms with Crippen LogP contribution in [0.1, 0.15) is 38.4 Å². The molecule has 1 aromatic heterocycles. The summed E-state index contributed by atoms with van der Waals surface area (Å²) in [5, 5.41) is 2.93. The van der Waals surface area contributed by atoms with Gasteiger partial charge in [-0.05, 0) is 51.7 Å². The summed E-state index contributed by atoms with van der Waals surface area (Å²) in [7, 11) is 1.67. The van der Waals surface area contributed by atoms with Gasteiger partial charge in [-0.2, -0.15) is 0 Å². The molecule has 26 heavy (non-hydrogen) atoms. The van der Waals surface area contributed by atoms with Crippen LogP contribution in [0.25, 0.3) is 0 Å². The number of hydrogen-bond acceptors (Lipinski definition) is 6. The summed E-state index contributed by atoms with van der Waals surface area (Å²) in [6.07, 6.45) is 2.28. The van der Waals surface area contributed by atoms with Crippen molar-refractivity contribution in [1.82, 2.24) is 10.3 Å². The van der Waals surface area contributed by atoms with Gasteiger partial charge in [0.2, 0.25) is 0 Å². The number of nitrogens with zero attached hydrogens (tertiary/aromatic N) is 2. The maximum atomic E-state index is 12.1. The number of hydrogen-bond donors (Lipinski definition) is 2. The first kappa shape index (κ1) is 18.9. The van der Waals surface area contributed by atoms with Crippen molar-refractivity contribution in [1.29, 1.82) is 0 Å². The maximum Gasteiger partial charge on any atom is 0.408 e. The predicted octanol–water partition coefficient (Wildman–Crippen LogP) is 1.63. The van der Waals surface area contributed by atoms with E-state index in [4.69, 9.17) is 20.2 Å². The smallest absolute Gasteiger partial charge is 0.408 e. The zero-order valence-electron chi connectivity index (χ0n) is 16.1. The first-order valence-corrected chi connectivity index (χ1v) is 9.27. The molecule has 0 aromatic carbocycles. The summed E-state index contributed by atoms with van der Waals surface area (Å²) in [6.45, 7) is 6.88. The fraction of sp³-hybridized carbons (Fsp3) is 0.684. The zero-order chi connectivity index (χ0) is 18.9. The van der Waals surface area contributed by atoms with Crippen molar-refractivity contribution in [3.05, 3.63) is 23.4 Å². The summed E-state index contributed by atoms with van der Waals surface area (Å²) in [4.78, 5) is 19.1. The van der Waals surface area contributed by atoms with Gasteiger partial charge < -0.3 is 25.4 Å². The van der Waals surface area contributed by atoms with Gasteiger partial charge in [-0.25, -0.2) is 9.78 Å². The summed E-state index contributed by atoms with van der Waals surface area (Å²) in [5.74, 6) is 0.926. The van der Waals surface area contributed by atoms with Crippen molar-refractivity contribution in [2.45, 2.75) is 63.8 Å². The summed E-state index contributed by atoms with van der Waals surface area (Å²) in [6, 6.07) is 4.27. The summed E-state index contributed by atoms with van der Waals surface area (Å²) < 4.78 is 10.9. The molecule has 1 aliphatic heterocycles. The van der Waals surface area contributed by atoms with Crippen molar-refractivity contribution in [3.63, 3.8) is 0 Å². The lowest BCUT2D eigenvalue weighted by Crippen LogP contribution is -2.45. The van der Waals surface area contributed by atoms with Crippen LogP contribution in [0.4, 0.5) is 10.6 Å². The molecular weight excluding hydrogens is 332 g/mol. The van der Waals surface area contributed by atoms with Crippen LogP contribution in [-0.4, -0.2) is 55.1 Å². The topological polar surface area (TPSA) is 89.7 Å². The Bertz CT molecular complexity index is 659. The number of fused-ring (bicyclic) bond motifs is 1. The number of nitrogens with one attached hydrogen (secondary N) is 1. The Morgan fingerprint density at radius 2 is 2.12 bits per heavy atom. The largest absolute Gasteiger partial charge is 0.444 e. The molecule has 0 saturated carbocycles. The third kappa shape index (κ3) is 4.45. The van der Waals surface area contributed by atoms with Gasteiger partial charge in [0.25, 0.3) is 0 Å². The SMILES string of the molecule is COC1CN(c2ccc3c(n2)CCC(N)C3)CC1NC(=O)OC(C)(C)C. The van der Waals surface area contributed by atoms with Crippen LogP contribution in [0.15, 0.2) is 12.1 Å². The van der Waals surface area contributed by atoms with Gasteiger partial charge in [0.05, 0.1) is 12.1 Å². The Labute approximate surface area is 155 Å². The van der Waals surface area contributed by atoms with E-state index in [9.17, 15) is 4.79 Å². The molecule has 3 unspecified atom stereocenters. The van der Waals surface area contributed by atoms with Gasteiger partial charge >= 0.3 is 6.09 Å². The van der Waals surface area contributed by atoms with E-state index in [1.165, 1.54) is 5.56 Å². The lowest BCUT2D eigenvalue weighted by atomic mass is 9.92. The van der Waals surface area contributed by atoms with Crippen LogP contribution < -0.4 is 16.0 Å². The number of nitrogens with two attached hydrogens (primary N) is 1. The standard InChI is InChI=1S/C19H30N4O3/c1-19(2,3)26-18(24)22-15-10-23(11-16(15)25-4)17-8-5-12-9-13(20)6-7-14(12)21-17/h5,8,13,15-16H,6-7,9-11,20H2,1-4H3,(H,22,24). The van der Waals surface area contributed by atoms with Crippen molar-refractivity contribution in [2.24, 2.45) is 5.73 Å². The molecule has 1 amide bonds. The van der Waals surface area contributed by atoms with E-state index < -0.39 is 11.7 Å². The average molecular weight is 362 g/mol. The molecule has 2 aliphatic rings. The molecule has 0 bridgehead atoms. The number of rotatable bonds is 3. The van der Waals surface area contributed by atoms with E-state index in [-0.39, 0.29) is 18.2 Å². The minimum atomic E-state index is -0.522. The molecular formula is C19H30N4O3. The third-order valence-electron chi connectivity index (χ3n) is 4.88. The predicted molar refractivity (Wildman–Crippen MR) is 100 cm³/mol. The second-order valence-electron chi connectivity index (χ2n) is 8.21. The van der Waals surface area contributed by atoms with E-state index in [1.807, 2.05) is 26.8 Å². The molecule has 1 aromatic rings. The molecule has 2 heterocycles. The van der Waals surface area contributed by atoms with Gasteiger partial charge in [-0.1, -0.05) is 6.07 Å². The minimum Gasteiger partial charge on any atom is -0.444 e. The van der Waals surface area contributed by atoms with Gasteiger partial charge in [0.1, 0.15) is 11.4 Å². The average Bonchev–Trinajstić information content (AvgIpc) is 2.95. The van der Waals surface area contributed by atoms with Crippen LogP contribution in [0.5, 0.6) is 0 Å². The van der Waals surface area contributed by atoms with Gasteiger partial charge in [-0.3, -0.25) is 0 Å². The highest BCUT2D eigenvalue weighted by atomic mass is 16.6. The van der Waals surface area contributed by atoms with Crippen LogP contribution in [-0.2, 0) is 22.3 Å². The van der Waals surface area contributed by atoms with Crippen LogP contribution in [0, 0.1) is 0 Å². The molecule has 3 rings (SSSR count). The van der Waals surface area contributed by atoms with Crippen molar-refractivity contribution in [2.75, 3.05) is 25.1 Å². The summed E-state index contributed by atoms with van der Waals surface area (Å²) in [5.41, 5.74) is 7.91. The van der Waals surface area contributed by atoms with Gasteiger partial charge in [0, 0.05) is 31.9 Å². The van der Waals surface area contributed by atoms with Crippen molar-refractivity contribution >= 4 is 11.9 Å². The number of aromatic nitrogens is 1. The lowest BCUT2D eigenvalue weighted by Gasteiger charge is -2.24. The highest BCUT2D eigenvalue weighted by Crippen LogP contribution is 2.25. The molecule has 1 fully saturated rings. The quantitative estimate of drug-likeness (QED) is 0.849. The number of pyridine rings is 1. The van der Waals surface area contributed by atoms with E-state index >= 15 is 0 Å². The Balaban J connectivity index is 1.68. The molecule has 7 heteroatoms. The molecule has 144 valence electrons. The van der Waals surface area contributed by atoms with E-state index in [0.29, 0.717) is 13.1 Å². The zero-order valence-corrected chi connectivity index (χ0v) is 16.1. The molecule has 3 N–H and O–H groups in total. The molecule has 0 radical (unpaired) electrons. The first-order chi connectivity index (χ1) is 12.2. The second kappa shape index (κ2) is 7.40. The molecule has 0 spiro atoms. The van der Waals surface area contributed by atoms with Crippen molar-refractivity contribution < 1.29 is 14.3 Å². The number of alkyl carbamates (subject to hydrolysis) is 1. The normalized spacial score (nSPS) is 25.7. The van der Waals surface area contributed by atoms with Gasteiger partial charge in [-0.15, -0.1) is 0 Å². The number of carbonyl (C=O) groups is 1. The number of methoxy groups -OCH3 is 1. The number of anilines is 1. The fourth-order valence-corrected chi connectivity index (χ4v) is 3.60. The Morgan fingerprint density at radius 1 is 1.35 bits per heavy atom. The molecule has 3 atom stereocenters. The van der Waals surface area contributed by atoms with Crippen LogP contribution >= 0.6 is 0 Å². The third-order valence-corrected chi connectivity index (χ3v) is 4.88. The Kier molecular flexibility index (Phi) is 5.39. The number of ether oxygens (including phenoxy) is 2. The number of aryl methyl sites for hydroxylation is 1. The molecule has 7 nitrogen and oxygen atoms in total. The van der Waals surface area contributed by atoms with Crippen LogP contribution in [0.2, 0.25) is 0 Å². The van der Waals surface area contributed by atoms with Crippen molar-refractivity contribution in [3.8, 4) is 0 Å². The highest BCUT2D eigenvalue weighted by molar-refractivity contribution is 5.68. The van der Waals surface area contributed by atoms with E-state index in [2.05, 4.69) is 16.3 Å². The Morgan fingerprint density at radius 3 is 2.81 bits per heavy atom. The summed E-state index contributed by atoms with van der Waals surface area (Å²) >= 11 is 0. The first-order valence-electron chi connectivity index (χ1n) is 9.27. The van der Waals surface area contributed by atoms with Crippen LogP contribution in [0.3, 0.4) is 0 Å². The minimum absolute atomic E-state index is 0.103. The second-order valence-corrected chi connectivity index (χ2v) is 8.21. The highest BCUT2D eigenvalue weighted by Gasteiger charge is 2.36. The molecule has 1 saturated heterocycles. The Hall–Kier alpha value is -1.86. The van der Waals surface area contributed by atoms with E-state index in [1.54, 1.807) is 7.11 Å². The maximum absolute atomic E-state index is 12.1. The number of carbonyl (C=O) groups excluding carboxylic acids is 1. The molecule has 1 aliphatic carbocycles. The fourth-order valence-electron chi connectivity index (χ4n) is 3.60. The number of amides is 1. The lowest BCUT2D eigenvalue weighted by molar-refractivity contribution is 0.0417. The van der Waals surface area contributed by atoms with E-state index in [0.717, 1.165) is 30.8 Å². The monoisotopic (exact) mass is 362 g/mol. The van der Waals surface area contributed by atoms with Gasteiger partial charge in [0.15, 0.2) is 0 Å².